The van der Waals surface area contributed by atoms with Crippen molar-refractivity contribution < 1.29 is 5.11 Å². The van der Waals surface area contributed by atoms with Crippen LogP contribution in [0.3, 0.4) is 0 Å². The molecule has 2 atom stereocenters. The molecule has 0 bridgehead atoms. The van der Waals surface area contributed by atoms with E-state index in [2.05, 4.69) is 18.8 Å². The second-order valence-corrected chi connectivity index (χ2v) is 7.08. The molecular formula is C21H32N6O. The number of aromatic hydroxyl groups is 1. The molecule has 0 aliphatic carbocycles. The lowest BCUT2D eigenvalue weighted by molar-refractivity contribution is 0.384. The number of para-hydroxylation sites is 1. The number of nitrogens with two attached hydrogens (primary N) is 4. The van der Waals surface area contributed by atoms with Gasteiger partial charge in [-0.1, -0.05) is 38.8 Å². The number of phenolic OH excluding ortho intramolecular Hbond substituents is 1. The number of rotatable bonds is 9. The van der Waals surface area contributed by atoms with Crippen LogP contribution in [0.4, 0.5) is 0 Å². The molecule has 2 unspecified atom stereocenters. The van der Waals surface area contributed by atoms with Crippen molar-refractivity contribution in [2.75, 3.05) is 6.54 Å². The Balaban J connectivity index is 2.33. The van der Waals surface area contributed by atoms with E-state index in [0.29, 0.717) is 29.4 Å². The van der Waals surface area contributed by atoms with E-state index in [1.165, 1.54) is 0 Å². The molecule has 0 radical (unpaired) electrons. The van der Waals surface area contributed by atoms with Crippen molar-refractivity contribution in [3.8, 4) is 5.75 Å². The van der Waals surface area contributed by atoms with Crippen LogP contribution in [-0.2, 0) is 0 Å². The van der Waals surface area contributed by atoms with Gasteiger partial charge in [-0.2, -0.15) is 0 Å². The van der Waals surface area contributed by atoms with Crippen LogP contribution in [0.2, 0.25) is 0 Å². The molecule has 0 aliphatic heterocycles. The first-order chi connectivity index (χ1) is 13.4. The van der Waals surface area contributed by atoms with Gasteiger partial charge in [-0.25, -0.2) is 4.98 Å². The number of allylic oxidation sites excluding steroid dienone is 2. The first-order valence-electron chi connectivity index (χ1n) is 9.64. The van der Waals surface area contributed by atoms with Crippen LogP contribution in [-0.4, -0.2) is 21.2 Å². The summed E-state index contributed by atoms with van der Waals surface area (Å²) in [6.45, 7) is 5.01. The Bertz CT molecular complexity index is 829. The van der Waals surface area contributed by atoms with E-state index in [-0.39, 0.29) is 17.5 Å². The third-order valence-corrected chi connectivity index (χ3v) is 5.05. The van der Waals surface area contributed by atoms with Gasteiger partial charge in [-0.15, -0.1) is 0 Å². The Morgan fingerprint density at radius 2 is 1.93 bits per heavy atom. The summed E-state index contributed by atoms with van der Waals surface area (Å²) in [4.78, 5) is 4.56. The van der Waals surface area contributed by atoms with Gasteiger partial charge < -0.3 is 32.6 Å². The van der Waals surface area contributed by atoms with Gasteiger partial charge in [-0.05, 0) is 37.1 Å². The third kappa shape index (κ3) is 5.07. The van der Waals surface area contributed by atoms with Gasteiger partial charge in [0.2, 0.25) is 0 Å². The summed E-state index contributed by atoms with van der Waals surface area (Å²) in [5, 5.41) is 10.0. The molecule has 7 heteroatoms. The molecule has 0 aliphatic rings. The van der Waals surface area contributed by atoms with Gasteiger partial charge in [0, 0.05) is 23.4 Å². The minimum absolute atomic E-state index is 0.0929. The maximum absolute atomic E-state index is 10.0. The van der Waals surface area contributed by atoms with Crippen molar-refractivity contribution in [2.24, 2.45) is 28.9 Å². The highest BCUT2D eigenvalue weighted by Crippen LogP contribution is 2.30. The van der Waals surface area contributed by atoms with E-state index in [1.54, 1.807) is 41.2 Å². The largest absolute Gasteiger partial charge is 0.507 e. The van der Waals surface area contributed by atoms with Crippen LogP contribution >= 0.6 is 0 Å². The number of imidazole rings is 1. The lowest BCUT2D eigenvalue weighted by Crippen LogP contribution is -2.16. The molecular weight excluding hydrogens is 352 g/mol. The summed E-state index contributed by atoms with van der Waals surface area (Å²) in [5.41, 5.74) is 26.1. The van der Waals surface area contributed by atoms with Crippen LogP contribution in [0.15, 0.2) is 48.7 Å². The normalized spacial score (nSPS) is 13.9. The summed E-state index contributed by atoms with van der Waals surface area (Å²) in [7, 11) is 0. The Morgan fingerprint density at radius 3 is 2.54 bits per heavy atom. The average molecular weight is 385 g/mol. The molecule has 0 saturated carbocycles. The third-order valence-electron chi connectivity index (χ3n) is 5.05. The molecule has 9 N–H and O–H groups in total. The average Bonchev–Trinajstić information content (AvgIpc) is 3.15. The van der Waals surface area contributed by atoms with Crippen LogP contribution in [0.1, 0.15) is 50.3 Å². The van der Waals surface area contributed by atoms with Gasteiger partial charge in [-0.3, -0.25) is 0 Å². The molecule has 0 saturated heterocycles. The van der Waals surface area contributed by atoms with E-state index in [0.717, 1.165) is 25.0 Å². The second-order valence-electron chi connectivity index (χ2n) is 7.08. The lowest BCUT2D eigenvalue weighted by Gasteiger charge is -2.21. The lowest BCUT2D eigenvalue weighted by atomic mass is 9.85. The fourth-order valence-corrected chi connectivity index (χ4v) is 3.43. The molecule has 0 amide bonds. The Kier molecular flexibility index (Phi) is 7.52. The molecule has 0 fully saturated rings. The van der Waals surface area contributed by atoms with E-state index in [1.807, 2.05) is 6.20 Å². The minimum Gasteiger partial charge on any atom is -0.507 e. The smallest absolute Gasteiger partial charge is 0.124 e. The minimum atomic E-state index is 0.0929. The Labute approximate surface area is 166 Å². The topological polar surface area (TPSA) is 142 Å². The molecule has 7 nitrogen and oxygen atoms in total. The molecule has 28 heavy (non-hydrogen) atoms. The van der Waals surface area contributed by atoms with Gasteiger partial charge >= 0.3 is 0 Å². The van der Waals surface area contributed by atoms with Crippen molar-refractivity contribution in [3.05, 3.63) is 59.9 Å². The highest BCUT2D eigenvalue weighted by Gasteiger charge is 2.20. The van der Waals surface area contributed by atoms with Gasteiger partial charge in [0.1, 0.15) is 11.6 Å². The van der Waals surface area contributed by atoms with Crippen LogP contribution in [0.5, 0.6) is 5.75 Å². The zero-order valence-electron chi connectivity index (χ0n) is 16.7. The predicted molar refractivity (Wildman–Crippen MR) is 115 cm³/mol. The SMILES string of the molecule is CCCC(CCN)C(C)c1cn(C(/C=C(\N)c2ccccc2O)=C(N)N)cn1. The van der Waals surface area contributed by atoms with Crippen molar-refractivity contribution in [3.63, 3.8) is 0 Å². The van der Waals surface area contributed by atoms with Crippen molar-refractivity contribution in [2.45, 2.75) is 39.0 Å². The second kappa shape index (κ2) is 9.85. The molecule has 0 spiro atoms. The summed E-state index contributed by atoms with van der Waals surface area (Å²) < 4.78 is 1.76. The highest BCUT2D eigenvalue weighted by atomic mass is 16.3. The Morgan fingerprint density at radius 1 is 1.21 bits per heavy atom. The fourth-order valence-electron chi connectivity index (χ4n) is 3.43. The van der Waals surface area contributed by atoms with E-state index >= 15 is 0 Å². The van der Waals surface area contributed by atoms with Crippen LogP contribution < -0.4 is 22.9 Å². The molecule has 2 aromatic rings. The molecule has 2 rings (SSSR count). The van der Waals surface area contributed by atoms with Crippen LogP contribution in [0.25, 0.3) is 11.4 Å². The number of aromatic nitrogens is 2. The summed E-state index contributed by atoms with van der Waals surface area (Å²) in [6.07, 6.45) is 8.42. The molecule has 1 aromatic heterocycles. The molecule has 1 aromatic carbocycles. The quantitative estimate of drug-likeness (QED) is 0.420. The number of benzene rings is 1. The van der Waals surface area contributed by atoms with Crippen molar-refractivity contribution in [1.29, 1.82) is 0 Å². The number of nitrogens with zero attached hydrogens (tertiary/aromatic N) is 2. The summed E-state index contributed by atoms with van der Waals surface area (Å²) >= 11 is 0. The van der Waals surface area contributed by atoms with E-state index in [9.17, 15) is 5.11 Å². The first-order valence-corrected chi connectivity index (χ1v) is 9.64. The molecule has 152 valence electrons. The van der Waals surface area contributed by atoms with Gasteiger partial charge in [0.05, 0.1) is 17.7 Å². The number of hydrogen-bond donors (Lipinski definition) is 5. The Hall–Kier alpha value is -2.93. The standard InChI is InChI=1S/C21H32N6O/c1-3-6-15(9-10-22)14(2)18-12-27(13-26-18)19(21(24)25)11-17(23)16-7-4-5-8-20(16)28/h4-5,7-8,11-15,28H,3,6,9-10,22-25H2,1-2H3/b17-11-. The fraction of sp³-hybridized carbons (Fsp3) is 0.381. The monoisotopic (exact) mass is 384 g/mol. The highest BCUT2D eigenvalue weighted by molar-refractivity contribution is 5.77. The van der Waals surface area contributed by atoms with Gasteiger partial charge in [0.15, 0.2) is 0 Å². The molecule has 1 heterocycles. The van der Waals surface area contributed by atoms with Crippen LogP contribution in [0, 0.1) is 5.92 Å². The zero-order chi connectivity index (χ0) is 20.7. The van der Waals surface area contributed by atoms with Crippen molar-refractivity contribution >= 4 is 11.4 Å². The zero-order valence-corrected chi connectivity index (χ0v) is 16.7. The number of phenols is 1. The predicted octanol–water partition coefficient (Wildman–Crippen LogP) is 2.50. The van der Waals surface area contributed by atoms with E-state index < -0.39 is 0 Å². The maximum atomic E-state index is 10.0. The maximum Gasteiger partial charge on any atom is 0.124 e. The van der Waals surface area contributed by atoms with E-state index in [4.69, 9.17) is 22.9 Å². The first kappa shape index (κ1) is 21.4. The summed E-state index contributed by atoms with van der Waals surface area (Å²) in [6, 6.07) is 6.84. The number of hydrogen-bond acceptors (Lipinski definition) is 6. The van der Waals surface area contributed by atoms with Gasteiger partial charge in [0.25, 0.3) is 0 Å². The van der Waals surface area contributed by atoms with Crippen molar-refractivity contribution in [1.82, 2.24) is 9.55 Å². The summed E-state index contributed by atoms with van der Waals surface area (Å²) in [5.74, 6) is 0.949.